The first-order valence-corrected chi connectivity index (χ1v) is 12.4. The molecular weight excluding hydrogens is 458 g/mol. The van der Waals surface area contributed by atoms with Crippen molar-refractivity contribution < 1.29 is 23.8 Å². The Kier molecular flexibility index (Phi) is 10.3. The van der Waals surface area contributed by atoms with Crippen molar-refractivity contribution in [2.75, 3.05) is 59.4 Å². The van der Waals surface area contributed by atoms with Gasteiger partial charge >= 0.3 is 0 Å². The number of anilines is 1. The molecule has 0 aromatic heterocycles. The molecule has 36 heavy (non-hydrogen) atoms. The van der Waals surface area contributed by atoms with Crippen molar-refractivity contribution in [3.05, 3.63) is 59.7 Å². The van der Waals surface area contributed by atoms with Crippen LogP contribution in [0.15, 0.2) is 48.5 Å². The van der Waals surface area contributed by atoms with Crippen LogP contribution in [0.1, 0.15) is 29.8 Å². The van der Waals surface area contributed by atoms with Gasteiger partial charge in [-0.25, -0.2) is 0 Å². The first-order valence-electron chi connectivity index (χ1n) is 12.4. The van der Waals surface area contributed by atoms with E-state index in [0.29, 0.717) is 30.2 Å². The van der Waals surface area contributed by atoms with Gasteiger partial charge in [0, 0.05) is 58.7 Å². The quantitative estimate of drug-likeness (QED) is 0.632. The molecule has 1 N–H and O–H groups in total. The Balaban J connectivity index is 1.87. The minimum atomic E-state index is -0.272. The number of ether oxygens (including phenoxy) is 3. The molecule has 2 aromatic carbocycles. The second-order valence-electron chi connectivity index (χ2n) is 9.52. The summed E-state index contributed by atoms with van der Waals surface area (Å²) in [6.45, 7) is 6.82. The van der Waals surface area contributed by atoms with Crippen molar-refractivity contribution in [2.24, 2.45) is 5.92 Å². The molecule has 2 aromatic rings. The average Bonchev–Trinajstić information content (AvgIpc) is 2.87. The van der Waals surface area contributed by atoms with E-state index < -0.39 is 0 Å². The van der Waals surface area contributed by atoms with E-state index >= 15 is 0 Å². The number of fused-ring (bicyclic) bond motifs is 1. The molecule has 0 spiro atoms. The molecule has 3 atom stereocenters. The van der Waals surface area contributed by atoms with Gasteiger partial charge in [-0.1, -0.05) is 37.3 Å². The molecule has 3 rings (SSSR count). The summed E-state index contributed by atoms with van der Waals surface area (Å²) >= 11 is 0. The van der Waals surface area contributed by atoms with Gasteiger partial charge in [-0.2, -0.15) is 0 Å². The second kappa shape index (κ2) is 13.4. The summed E-state index contributed by atoms with van der Waals surface area (Å²) in [7, 11) is 4.95. The highest BCUT2D eigenvalue weighted by atomic mass is 16.5. The molecule has 0 fully saturated rings. The van der Waals surface area contributed by atoms with Gasteiger partial charge in [0.2, 0.25) is 5.91 Å². The normalized spacial score (nSPS) is 21.6. The lowest BCUT2D eigenvalue weighted by Crippen LogP contribution is -2.47. The van der Waals surface area contributed by atoms with Crippen molar-refractivity contribution in [3.63, 3.8) is 0 Å². The summed E-state index contributed by atoms with van der Waals surface area (Å²) in [5, 5.41) is 2.79. The van der Waals surface area contributed by atoms with Gasteiger partial charge in [0.15, 0.2) is 0 Å². The van der Waals surface area contributed by atoms with Crippen molar-refractivity contribution in [1.82, 2.24) is 9.80 Å². The van der Waals surface area contributed by atoms with Gasteiger partial charge in [0.1, 0.15) is 19.0 Å². The molecule has 196 valence electrons. The number of carbonyl (C=O) groups is 2. The van der Waals surface area contributed by atoms with Crippen LogP contribution in [-0.2, 0) is 20.7 Å². The fraction of sp³-hybridized carbons (Fsp3) is 0.500. The lowest BCUT2D eigenvalue weighted by molar-refractivity contribution is -0.119. The Morgan fingerprint density at radius 2 is 1.86 bits per heavy atom. The molecule has 2 amide bonds. The Morgan fingerprint density at radius 3 is 2.56 bits per heavy atom. The minimum absolute atomic E-state index is 0.0520. The van der Waals surface area contributed by atoms with Crippen LogP contribution >= 0.6 is 0 Å². The van der Waals surface area contributed by atoms with Crippen LogP contribution in [0.2, 0.25) is 0 Å². The Bertz CT molecular complexity index is 1000. The number of hydrogen-bond acceptors (Lipinski definition) is 6. The van der Waals surface area contributed by atoms with E-state index in [1.165, 1.54) is 12.7 Å². The number of carbonyl (C=O) groups excluding carboxylic acids is 2. The molecular formula is C28H39N3O5. The first kappa shape index (κ1) is 27.6. The number of likely N-dealkylation sites (N-methyl/N-ethyl adjacent to an activating group) is 1. The number of nitrogens with zero attached hydrogens (tertiary/aromatic N) is 2. The smallest absolute Gasteiger partial charge is 0.257 e. The van der Waals surface area contributed by atoms with Crippen LogP contribution in [0, 0.1) is 5.92 Å². The molecule has 0 unspecified atom stereocenters. The van der Waals surface area contributed by atoms with Crippen LogP contribution in [-0.4, -0.2) is 87.9 Å². The highest BCUT2D eigenvalue weighted by Gasteiger charge is 2.28. The van der Waals surface area contributed by atoms with Crippen LogP contribution in [0.3, 0.4) is 0 Å². The molecule has 1 heterocycles. The zero-order chi connectivity index (χ0) is 26.1. The predicted molar refractivity (Wildman–Crippen MR) is 141 cm³/mol. The van der Waals surface area contributed by atoms with Crippen molar-refractivity contribution in [2.45, 2.75) is 32.4 Å². The standard InChI is InChI=1S/C28H39N3O5/c1-20-16-31(14-13-22-9-7-6-8-10-22)21(2)18-36-25-15-23(29-27(32)19-34-4)11-12-24(25)28(33)30(3)17-26(20)35-5/h6-12,15,20-21,26H,13-14,16-19H2,1-5H3,(H,29,32)/t20-,21+,26-/m1/s1. The second-order valence-corrected chi connectivity index (χ2v) is 9.52. The van der Waals surface area contributed by atoms with Crippen LogP contribution in [0.25, 0.3) is 0 Å². The lowest BCUT2D eigenvalue weighted by atomic mass is 10.0. The van der Waals surface area contributed by atoms with E-state index in [1.807, 2.05) is 6.07 Å². The maximum atomic E-state index is 13.3. The number of hydrogen-bond donors (Lipinski definition) is 1. The van der Waals surface area contributed by atoms with Gasteiger partial charge < -0.3 is 24.4 Å². The molecule has 1 aliphatic heterocycles. The number of benzene rings is 2. The summed E-state index contributed by atoms with van der Waals surface area (Å²) in [5.41, 5.74) is 2.29. The first-order chi connectivity index (χ1) is 17.3. The van der Waals surface area contributed by atoms with E-state index in [9.17, 15) is 9.59 Å². The van der Waals surface area contributed by atoms with E-state index in [0.717, 1.165) is 19.5 Å². The maximum Gasteiger partial charge on any atom is 0.257 e. The number of nitrogens with one attached hydrogen (secondary N) is 1. The van der Waals surface area contributed by atoms with E-state index in [2.05, 4.69) is 48.3 Å². The van der Waals surface area contributed by atoms with Gasteiger partial charge in [-0.05, 0) is 37.0 Å². The molecule has 0 aliphatic carbocycles. The molecule has 0 saturated carbocycles. The molecule has 8 heteroatoms. The number of amides is 2. The third-order valence-corrected chi connectivity index (χ3v) is 6.67. The van der Waals surface area contributed by atoms with Gasteiger partial charge in [-0.15, -0.1) is 0 Å². The zero-order valence-corrected chi connectivity index (χ0v) is 22.0. The van der Waals surface area contributed by atoms with Crippen LogP contribution in [0.5, 0.6) is 5.75 Å². The van der Waals surface area contributed by atoms with Crippen LogP contribution in [0.4, 0.5) is 5.69 Å². The highest BCUT2D eigenvalue weighted by Crippen LogP contribution is 2.27. The summed E-state index contributed by atoms with van der Waals surface area (Å²) in [6.07, 6.45) is 0.821. The Hall–Kier alpha value is -2.94. The van der Waals surface area contributed by atoms with E-state index in [-0.39, 0.29) is 36.5 Å². The fourth-order valence-electron chi connectivity index (χ4n) is 4.48. The summed E-state index contributed by atoms with van der Waals surface area (Å²) in [6, 6.07) is 15.7. The Labute approximate surface area is 214 Å². The SMILES string of the molecule is COCC(=O)Nc1ccc2c(c1)OC[C@H](C)N(CCc1ccccc1)C[C@@H](C)[C@H](OC)CN(C)C2=O. The minimum Gasteiger partial charge on any atom is -0.491 e. The van der Waals surface area contributed by atoms with Crippen molar-refractivity contribution >= 4 is 17.5 Å². The molecule has 0 bridgehead atoms. The summed E-state index contributed by atoms with van der Waals surface area (Å²) in [4.78, 5) is 29.5. The zero-order valence-electron chi connectivity index (χ0n) is 22.0. The average molecular weight is 498 g/mol. The predicted octanol–water partition coefficient (Wildman–Crippen LogP) is 3.32. The molecule has 0 radical (unpaired) electrons. The third-order valence-electron chi connectivity index (χ3n) is 6.67. The molecule has 1 aliphatic rings. The van der Waals surface area contributed by atoms with Gasteiger partial charge in [-0.3, -0.25) is 14.5 Å². The van der Waals surface area contributed by atoms with Gasteiger partial charge in [0.05, 0.1) is 11.7 Å². The molecule has 0 saturated heterocycles. The number of rotatable bonds is 7. The van der Waals surface area contributed by atoms with Crippen molar-refractivity contribution in [1.29, 1.82) is 0 Å². The van der Waals surface area contributed by atoms with Crippen LogP contribution < -0.4 is 10.1 Å². The topological polar surface area (TPSA) is 80.3 Å². The highest BCUT2D eigenvalue weighted by molar-refractivity contribution is 5.98. The van der Waals surface area contributed by atoms with E-state index in [1.54, 1.807) is 37.3 Å². The number of methoxy groups -OCH3 is 2. The van der Waals surface area contributed by atoms with E-state index in [4.69, 9.17) is 14.2 Å². The maximum absolute atomic E-state index is 13.3. The third kappa shape index (κ3) is 7.53. The summed E-state index contributed by atoms with van der Waals surface area (Å²) in [5.74, 6) is 0.231. The van der Waals surface area contributed by atoms with Gasteiger partial charge in [0.25, 0.3) is 5.91 Å². The lowest BCUT2D eigenvalue weighted by Gasteiger charge is -2.36. The summed E-state index contributed by atoms with van der Waals surface area (Å²) < 4.78 is 17.0. The fourth-order valence-corrected chi connectivity index (χ4v) is 4.48. The van der Waals surface area contributed by atoms with Crippen molar-refractivity contribution in [3.8, 4) is 5.75 Å². The molecule has 8 nitrogen and oxygen atoms in total. The largest absolute Gasteiger partial charge is 0.491 e. The Morgan fingerprint density at radius 1 is 1.11 bits per heavy atom. The monoisotopic (exact) mass is 497 g/mol.